The summed E-state index contributed by atoms with van der Waals surface area (Å²) in [6.07, 6.45) is 1.98. The average molecular weight is 451 g/mol. The number of ether oxygens (including phenoxy) is 1. The highest BCUT2D eigenvalue weighted by Gasteiger charge is 2.31. The molecule has 0 heterocycles. The first-order valence-electron chi connectivity index (χ1n) is 10.5. The molecule has 0 aliphatic heterocycles. The van der Waals surface area contributed by atoms with Gasteiger partial charge in [0, 0.05) is 18.7 Å². The van der Waals surface area contributed by atoms with Crippen LogP contribution >= 0.6 is 0 Å². The molecule has 1 fully saturated rings. The van der Waals surface area contributed by atoms with Crippen molar-refractivity contribution in [3.05, 3.63) is 90.0 Å². The standard InChI is InChI=1S/C25H26N2O4S/c1-26(21-11-12-21)25(28)20-9-6-10-24(17-20)32(29,30)27(18-19-7-4-3-5-8-19)22-13-15-23(31-2)16-14-22/h3-10,13-17,21H,11-12,18H2,1-2H3. The lowest BCUT2D eigenvalue weighted by atomic mass is 10.2. The third kappa shape index (κ3) is 4.62. The summed E-state index contributed by atoms with van der Waals surface area (Å²) in [4.78, 5) is 14.6. The molecular weight excluding hydrogens is 424 g/mol. The number of carbonyl (C=O) groups is 1. The number of sulfonamides is 1. The SMILES string of the molecule is COc1ccc(N(Cc2ccccc2)S(=O)(=O)c2cccc(C(=O)N(C)C3CC3)c2)cc1. The molecule has 6 nitrogen and oxygen atoms in total. The molecule has 166 valence electrons. The van der Waals surface area contributed by atoms with Gasteiger partial charge in [0.1, 0.15) is 5.75 Å². The van der Waals surface area contributed by atoms with E-state index in [9.17, 15) is 13.2 Å². The largest absolute Gasteiger partial charge is 0.497 e. The van der Waals surface area contributed by atoms with Crippen molar-refractivity contribution in [1.29, 1.82) is 0 Å². The van der Waals surface area contributed by atoms with Crippen molar-refractivity contribution in [3.8, 4) is 5.75 Å². The molecule has 0 saturated heterocycles. The Morgan fingerprint density at radius 2 is 1.66 bits per heavy atom. The highest BCUT2D eigenvalue weighted by molar-refractivity contribution is 7.92. The van der Waals surface area contributed by atoms with E-state index in [1.165, 1.54) is 16.4 Å². The first kappa shape index (κ1) is 21.9. The van der Waals surface area contributed by atoms with Crippen LogP contribution in [0.4, 0.5) is 5.69 Å². The fourth-order valence-electron chi connectivity index (χ4n) is 3.56. The van der Waals surface area contributed by atoms with E-state index in [1.54, 1.807) is 55.5 Å². The van der Waals surface area contributed by atoms with Gasteiger partial charge >= 0.3 is 0 Å². The molecule has 1 aliphatic rings. The molecule has 0 atom stereocenters. The van der Waals surface area contributed by atoms with Gasteiger partial charge in [0.25, 0.3) is 15.9 Å². The van der Waals surface area contributed by atoms with Crippen molar-refractivity contribution in [2.45, 2.75) is 30.3 Å². The maximum atomic E-state index is 13.8. The minimum atomic E-state index is -3.94. The summed E-state index contributed by atoms with van der Waals surface area (Å²) in [5.74, 6) is 0.477. The fraction of sp³-hybridized carbons (Fsp3) is 0.240. The number of hydrogen-bond acceptors (Lipinski definition) is 4. The summed E-state index contributed by atoms with van der Waals surface area (Å²) in [6.45, 7) is 0.162. The lowest BCUT2D eigenvalue weighted by Crippen LogP contribution is -2.31. The molecule has 7 heteroatoms. The van der Waals surface area contributed by atoms with Gasteiger partial charge in [-0.1, -0.05) is 36.4 Å². The first-order chi connectivity index (χ1) is 15.4. The highest BCUT2D eigenvalue weighted by Crippen LogP contribution is 2.30. The van der Waals surface area contributed by atoms with E-state index < -0.39 is 10.0 Å². The molecule has 0 bridgehead atoms. The van der Waals surface area contributed by atoms with E-state index in [1.807, 2.05) is 30.3 Å². The van der Waals surface area contributed by atoms with Gasteiger partial charge in [-0.2, -0.15) is 0 Å². The van der Waals surface area contributed by atoms with E-state index in [2.05, 4.69) is 0 Å². The second-order valence-corrected chi connectivity index (χ2v) is 9.73. The lowest BCUT2D eigenvalue weighted by Gasteiger charge is -2.25. The van der Waals surface area contributed by atoms with Crippen molar-refractivity contribution in [3.63, 3.8) is 0 Å². The average Bonchev–Trinajstić information content (AvgIpc) is 3.68. The number of benzene rings is 3. The van der Waals surface area contributed by atoms with Gasteiger partial charge in [-0.05, 0) is 60.9 Å². The molecule has 0 N–H and O–H groups in total. The normalized spacial score (nSPS) is 13.4. The Bertz CT molecular complexity index is 1190. The Balaban J connectivity index is 1.72. The number of amides is 1. The molecule has 32 heavy (non-hydrogen) atoms. The molecule has 3 aromatic rings. The van der Waals surface area contributed by atoms with E-state index >= 15 is 0 Å². The zero-order valence-electron chi connectivity index (χ0n) is 18.1. The highest BCUT2D eigenvalue weighted by atomic mass is 32.2. The van der Waals surface area contributed by atoms with Gasteiger partial charge in [0.05, 0.1) is 24.2 Å². The van der Waals surface area contributed by atoms with Crippen LogP contribution in [0.5, 0.6) is 5.75 Å². The Labute approximate surface area is 189 Å². The van der Waals surface area contributed by atoms with Crippen molar-refractivity contribution < 1.29 is 17.9 Å². The Morgan fingerprint density at radius 3 is 2.28 bits per heavy atom. The minimum Gasteiger partial charge on any atom is -0.497 e. The maximum Gasteiger partial charge on any atom is 0.264 e. The number of hydrogen-bond donors (Lipinski definition) is 0. The van der Waals surface area contributed by atoms with Crippen LogP contribution in [0.15, 0.2) is 83.8 Å². The zero-order chi connectivity index (χ0) is 22.7. The summed E-state index contributed by atoms with van der Waals surface area (Å²) in [6, 6.07) is 22.8. The van der Waals surface area contributed by atoms with Crippen LogP contribution in [0, 0.1) is 0 Å². The van der Waals surface area contributed by atoms with Crippen molar-refractivity contribution >= 4 is 21.6 Å². The van der Waals surface area contributed by atoms with Crippen LogP contribution < -0.4 is 9.04 Å². The number of nitrogens with zero attached hydrogens (tertiary/aromatic N) is 2. The number of methoxy groups -OCH3 is 1. The predicted octanol–water partition coefficient (Wildman–Crippen LogP) is 4.33. The summed E-state index contributed by atoms with van der Waals surface area (Å²) in [5, 5.41) is 0. The maximum absolute atomic E-state index is 13.8. The molecule has 1 aliphatic carbocycles. The zero-order valence-corrected chi connectivity index (χ0v) is 19.0. The topological polar surface area (TPSA) is 66.9 Å². The molecular formula is C25H26N2O4S. The molecule has 4 rings (SSSR count). The van der Waals surface area contributed by atoms with E-state index in [0.29, 0.717) is 17.0 Å². The van der Waals surface area contributed by atoms with Gasteiger partial charge in [-0.15, -0.1) is 0 Å². The molecule has 1 saturated carbocycles. The van der Waals surface area contributed by atoms with Crippen molar-refractivity contribution in [1.82, 2.24) is 4.90 Å². The third-order valence-corrected chi connectivity index (χ3v) is 7.38. The van der Waals surface area contributed by atoms with Gasteiger partial charge in [-0.25, -0.2) is 8.42 Å². The number of anilines is 1. The molecule has 0 radical (unpaired) electrons. The summed E-state index contributed by atoms with van der Waals surface area (Å²) in [7, 11) is -0.608. The van der Waals surface area contributed by atoms with Gasteiger partial charge in [-0.3, -0.25) is 9.10 Å². The minimum absolute atomic E-state index is 0.0827. The van der Waals surface area contributed by atoms with Gasteiger partial charge in [0.15, 0.2) is 0 Å². The predicted molar refractivity (Wildman–Crippen MR) is 124 cm³/mol. The van der Waals surface area contributed by atoms with Crippen molar-refractivity contribution in [2.75, 3.05) is 18.5 Å². The van der Waals surface area contributed by atoms with E-state index in [0.717, 1.165) is 18.4 Å². The van der Waals surface area contributed by atoms with Crippen LogP contribution in [-0.4, -0.2) is 39.4 Å². The number of rotatable bonds is 8. The molecule has 1 amide bonds. The monoisotopic (exact) mass is 450 g/mol. The molecule has 0 aromatic heterocycles. The number of carbonyl (C=O) groups excluding carboxylic acids is 1. The van der Waals surface area contributed by atoms with Gasteiger partial charge < -0.3 is 9.64 Å². The van der Waals surface area contributed by atoms with Crippen LogP contribution in [0.2, 0.25) is 0 Å². The van der Waals surface area contributed by atoms with Crippen LogP contribution in [-0.2, 0) is 16.6 Å². The van der Waals surface area contributed by atoms with Crippen molar-refractivity contribution in [2.24, 2.45) is 0 Å². The van der Waals surface area contributed by atoms with Crippen LogP contribution in [0.3, 0.4) is 0 Å². The fourth-order valence-corrected chi connectivity index (χ4v) is 5.06. The molecule has 3 aromatic carbocycles. The summed E-state index contributed by atoms with van der Waals surface area (Å²) < 4.78 is 34.1. The Morgan fingerprint density at radius 1 is 0.969 bits per heavy atom. The third-order valence-electron chi connectivity index (χ3n) is 5.61. The molecule has 0 unspecified atom stereocenters. The van der Waals surface area contributed by atoms with E-state index in [-0.39, 0.29) is 23.4 Å². The Kier molecular flexibility index (Phi) is 6.19. The first-order valence-corrected chi connectivity index (χ1v) is 11.9. The van der Waals surface area contributed by atoms with Gasteiger partial charge in [0.2, 0.25) is 0 Å². The van der Waals surface area contributed by atoms with Crippen LogP contribution in [0.25, 0.3) is 0 Å². The Hall–Kier alpha value is -3.32. The summed E-state index contributed by atoms with van der Waals surface area (Å²) >= 11 is 0. The van der Waals surface area contributed by atoms with Crippen LogP contribution in [0.1, 0.15) is 28.8 Å². The second kappa shape index (κ2) is 9.04. The molecule has 0 spiro atoms. The lowest BCUT2D eigenvalue weighted by molar-refractivity contribution is 0.0785. The smallest absolute Gasteiger partial charge is 0.264 e. The quantitative estimate of drug-likeness (QED) is 0.513. The summed E-state index contributed by atoms with van der Waals surface area (Å²) in [5.41, 5.74) is 1.74. The van der Waals surface area contributed by atoms with E-state index in [4.69, 9.17) is 4.74 Å². The second-order valence-electron chi connectivity index (χ2n) is 7.87.